The van der Waals surface area contributed by atoms with Crippen LogP contribution in [0.5, 0.6) is 0 Å². The molecule has 0 saturated carbocycles. The topological polar surface area (TPSA) is 25.8 Å². The van der Waals surface area contributed by atoms with Gasteiger partial charge in [0.1, 0.15) is 5.82 Å². The van der Waals surface area contributed by atoms with Gasteiger partial charge in [-0.15, -0.1) is 0 Å². The minimum Gasteiger partial charge on any atom is -0.239 e. The number of aryl methyl sites for hydroxylation is 3. The smallest absolute Gasteiger partial charge is 0.126 e. The van der Waals surface area contributed by atoms with Gasteiger partial charge in [-0.05, 0) is 26.8 Å². The number of benzene rings is 1. The van der Waals surface area contributed by atoms with Crippen LogP contribution in [0.4, 0.5) is 0 Å². The fourth-order valence-corrected chi connectivity index (χ4v) is 1.59. The van der Waals surface area contributed by atoms with E-state index in [9.17, 15) is 0 Å². The van der Waals surface area contributed by atoms with Crippen LogP contribution in [0.1, 0.15) is 17.1 Å². The number of nitrogens with zero attached hydrogens (tertiary/aromatic N) is 2. The molecule has 0 spiro atoms. The summed E-state index contributed by atoms with van der Waals surface area (Å²) in [7, 11) is 0. The summed E-state index contributed by atoms with van der Waals surface area (Å²) in [6.45, 7) is 6.00. The SMILES string of the molecule is Cc1ccc(-c2cc(C)nc(C)n2)cc1. The summed E-state index contributed by atoms with van der Waals surface area (Å²) in [5.41, 5.74) is 4.42. The van der Waals surface area contributed by atoms with Gasteiger partial charge in [0.15, 0.2) is 0 Å². The molecule has 0 saturated heterocycles. The van der Waals surface area contributed by atoms with Gasteiger partial charge in [0.2, 0.25) is 0 Å². The van der Waals surface area contributed by atoms with Crippen molar-refractivity contribution in [3.63, 3.8) is 0 Å². The van der Waals surface area contributed by atoms with Gasteiger partial charge < -0.3 is 0 Å². The molecule has 0 unspecified atom stereocenters. The summed E-state index contributed by atoms with van der Waals surface area (Å²) in [5.74, 6) is 0.825. The number of hydrogen-bond donors (Lipinski definition) is 0. The summed E-state index contributed by atoms with van der Waals surface area (Å²) in [6.07, 6.45) is 0. The van der Waals surface area contributed by atoms with E-state index in [0.29, 0.717) is 0 Å². The van der Waals surface area contributed by atoms with Crippen molar-refractivity contribution >= 4 is 0 Å². The second-order valence-corrected chi connectivity index (χ2v) is 3.81. The monoisotopic (exact) mass is 198 g/mol. The Morgan fingerprint density at radius 3 is 2.13 bits per heavy atom. The normalized spacial score (nSPS) is 10.3. The van der Waals surface area contributed by atoms with Gasteiger partial charge in [-0.1, -0.05) is 29.8 Å². The van der Waals surface area contributed by atoms with Crippen molar-refractivity contribution in [3.8, 4) is 11.3 Å². The van der Waals surface area contributed by atoms with Crippen molar-refractivity contribution in [2.45, 2.75) is 20.8 Å². The van der Waals surface area contributed by atoms with Gasteiger partial charge in [0, 0.05) is 11.3 Å². The average Bonchev–Trinajstić information content (AvgIpc) is 2.17. The van der Waals surface area contributed by atoms with E-state index in [1.807, 2.05) is 19.9 Å². The maximum absolute atomic E-state index is 4.42. The number of hydrogen-bond acceptors (Lipinski definition) is 2. The predicted octanol–water partition coefficient (Wildman–Crippen LogP) is 3.07. The molecule has 0 radical (unpaired) electrons. The first-order chi connectivity index (χ1) is 7.15. The third kappa shape index (κ3) is 2.21. The molecule has 0 aliphatic carbocycles. The van der Waals surface area contributed by atoms with Crippen molar-refractivity contribution in [3.05, 3.63) is 47.4 Å². The largest absolute Gasteiger partial charge is 0.239 e. The fraction of sp³-hybridized carbons (Fsp3) is 0.231. The predicted molar refractivity (Wildman–Crippen MR) is 61.7 cm³/mol. The molecule has 2 heteroatoms. The molecule has 0 atom stereocenters. The molecule has 2 rings (SSSR count). The first-order valence-corrected chi connectivity index (χ1v) is 5.04. The van der Waals surface area contributed by atoms with Crippen LogP contribution in [-0.2, 0) is 0 Å². The van der Waals surface area contributed by atoms with Crippen molar-refractivity contribution in [1.29, 1.82) is 0 Å². The van der Waals surface area contributed by atoms with Crippen LogP contribution in [0.3, 0.4) is 0 Å². The molecule has 0 aliphatic heterocycles. The third-order valence-corrected chi connectivity index (χ3v) is 2.31. The highest BCUT2D eigenvalue weighted by atomic mass is 14.9. The number of aromatic nitrogens is 2. The zero-order chi connectivity index (χ0) is 10.8. The molecule has 1 aromatic heterocycles. The van der Waals surface area contributed by atoms with Crippen LogP contribution >= 0.6 is 0 Å². The van der Waals surface area contributed by atoms with Crippen LogP contribution in [0.15, 0.2) is 30.3 Å². The molecular weight excluding hydrogens is 184 g/mol. The molecular formula is C13H14N2. The summed E-state index contributed by atoms with van der Waals surface area (Å²) >= 11 is 0. The maximum Gasteiger partial charge on any atom is 0.126 e. The van der Waals surface area contributed by atoms with Crippen molar-refractivity contribution in [1.82, 2.24) is 9.97 Å². The molecule has 0 amide bonds. The molecule has 76 valence electrons. The molecule has 0 bridgehead atoms. The van der Waals surface area contributed by atoms with Gasteiger partial charge >= 0.3 is 0 Å². The summed E-state index contributed by atoms with van der Waals surface area (Å²) in [6, 6.07) is 10.4. The van der Waals surface area contributed by atoms with E-state index in [1.54, 1.807) is 0 Å². The lowest BCUT2D eigenvalue weighted by atomic mass is 10.1. The highest BCUT2D eigenvalue weighted by molar-refractivity contribution is 5.59. The Bertz CT molecular complexity index is 452. The highest BCUT2D eigenvalue weighted by Gasteiger charge is 2.01. The molecule has 1 heterocycles. The highest BCUT2D eigenvalue weighted by Crippen LogP contribution is 2.18. The zero-order valence-corrected chi connectivity index (χ0v) is 9.28. The Morgan fingerprint density at radius 1 is 0.867 bits per heavy atom. The Balaban J connectivity index is 2.49. The van der Waals surface area contributed by atoms with E-state index in [2.05, 4.69) is 41.2 Å². The Labute approximate surface area is 90.0 Å². The molecule has 0 aliphatic rings. The summed E-state index contributed by atoms with van der Waals surface area (Å²) in [5, 5.41) is 0. The van der Waals surface area contributed by atoms with Gasteiger partial charge in [0.25, 0.3) is 0 Å². The standard InChI is InChI=1S/C13H14N2/c1-9-4-6-12(7-5-9)13-8-10(2)14-11(3)15-13/h4-8H,1-3H3. The molecule has 2 aromatic rings. The molecule has 0 N–H and O–H groups in total. The Hall–Kier alpha value is -1.70. The first kappa shape index (κ1) is 9.84. The van der Waals surface area contributed by atoms with E-state index in [-0.39, 0.29) is 0 Å². The van der Waals surface area contributed by atoms with E-state index < -0.39 is 0 Å². The molecule has 15 heavy (non-hydrogen) atoms. The Kier molecular flexibility index (Phi) is 2.50. The lowest BCUT2D eigenvalue weighted by Crippen LogP contribution is -1.93. The second-order valence-electron chi connectivity index (χ2n) is 3.81. The van der Waals surface area contributed by atoms with E-state index >= 15 is 0 Å². The van der Waals surface area contributed by atoms with Crippen LogP contribution in [0.2, 0.25) is 0 Å². The van der Waals surface area contributed by atoms with Crippen molar-refractivity contribution in [2.24, 2.45) is 0 Å². The molecule has 1 aromatic carbocycles. The minimum absolute atomic E-state index is 0.825. The van der Waals surface area contributed by atoms with E-state index in [4.69, 9.17) is 0 Å². The molecule has 2 nitrogen and oxygen atoms in total. The molecule has 0 fully saturated rings. The van der Waals surface area contributed by atoms with Crippen molar-refractivity contribution < 1.29 is 0 Å². The lowest BCUT2D eigenvalue weighted by Gasteiger charge is -2.03. The van der Waals surface area contributed by atoms with E-state index in [0.717, 1.165) is 22.8 Å². The van der Waals surface area contributed by atoms with Crippen molar-refractivity contribution in [2.75, 3.05) is 0 Å². The first-order valence-electron chi connectivity index (χ1n) is 5.04. The quantitative estimate of drug-likeness (QED) is 0.703. The van der Waals surface area contributed by atoms with Gasteiger partial charge in [-0.2, -0.15) is 0 Å². The van der Waals surface area contributed by atoms with Gasteiger partial charge in [-0.25, -0.2) is 9.97 Å². The lowest BCUT2D eigenvalue weighted by molar-refractivity contribution is 1.02. The van der Waals surface area contributed by atoms with Crippen LogP contribution in [0.25, 0.3) is 11.3 Å². The second kappa shape index (κ2) is 3.81. The zero-order valence-electron chi connectivity index (χ0n) is 9.28. The summed E-state index contributed by atoms with van der Waals surface area (Å²) in [4.78, 5) is 8.69. The van der Waals surface area contributed by atoms with Gasteiger partial charge in [0.05, 0.1) is 5.69 Å². The maximum atomic E-state index is 4.42. The fourth-order valence-electron chi connectivity index (χ4n) is 1.59. The van der Waals surface area contributed by atoms with E-state index in [1.165, 1.54) is 5.56 Å². The third-order valence-electron chi connectivity index (χ3n) is 2.31. The Morgan fingerprint density at radius 2 is 1.53 bits per heavy atom. The van der Waals surface area contributed by atoms with Crippen LogP contribution in [0, 0.1) is 20.8 Å². The van der Waals surface area contributed by atoms with Crippen LogP contribution < -0.4 is 0 Å². The van der Waals surface area contributed by atoms with Gasteiger partial charge in [-0.3, -0.25) is 0 Å². The minimum atomic E-state index is 0.825. The summed E-state index contributed by atoms with van der Waals surface area (Å²) < 4.78 is 0. The van der Waals surface area contributed by atoms with Crippen LogP contribution in [-0.4, -0.2) is 9.97 Å². The average molecular weight is 198 g/mol. The number of rotatable bonds is 1.